The second kappa shape index (κ2) is 7.45. The molecular formula is C16H20BrN3O2. The van der Waals surface area contributed by atoms with E-state index < -0.39 is 0 Å². The summed E-state index contributed by atoms with van der Waals surface area (Å²) in [6, 6.07) is 7.97. The fourth-order valence-corrected chi connectivity index (χ4v) is 2.75. The molecule has 1 heterocycles. The standard InChI is InChI=1S/C16H20BrN3O2/c1-12-7-4-5-8-14(12)22-10-6-9-19(2)13-11-18-20(3)16(21)15(13)17/h4-5,7-8,11H,6,9-10H2,1-3H3. The number of hydrogen-bond donors (Lipinski definition) is 0. The van der Waals surface area contributed by atoms with Crippen molar-refractivity contribution in [2.24, 2.45) is 7.05 Å². The molecule has 1 aromatic carbocycles. The van der Waals surface area contributed by atoms with Crippen LogP contribution in [0.25, 0.3) is 0 Å². The SMILES string of the molecule is Cc1ccccc1OCCCN(C)c1cnn(C)c(=O)c1Br. The molecule has 0 saturated carbocycles. The van der Waals surface area contributed by atoms with Crippen molar-refractivity contribution in [3.8, 4) is 5.75 Å². The first kappa shape index (κ1) is 16.5. The van der Waals surface area contributed by atoms with E-state index >= 15 is 0 Å². The van der Waals surface area contributed by atoms with Crippen LogP contribution in [0.5, 0.6) is 5.75 Å². The molecule has 0 atom stereocenters. The van der Waals surface area contributed by atoms with Crippen molar-refractivity contribution in [1.82, 2.24) is 9.78 Å². The minimum atomic E-state index is -0.138. The molecule has 0 unspecified atom stereocenters. The quantitative estimate of drug-likeness (QED) is 0.738. The summed E-state index contributed by atoms with van der Waals surface area (Å²) in [5.41, 5.74) is 1.79. The zero-order valence-electron chi connectivity index (χ0n) is 13.0. The largest absolute Gasteiger partial charge is 0.493 e. The van der Waals surface area contributed by atoms with Gasteiger partial charge in [0, 0.05) is 20.6 Å². The Balaban J connectivity index is 1.89. The van der Waals surface area contributed by atoms with Crippen molar-refractivity contribution in [2.45, 2.75) is 13.3 Å². The maximum atomic E-state index is 11.8. The van der Waals surface area contributed by atoms with Crippen LogP contribution in [0.1, 0.15) is 12.0 Å². The molecule has 0 saturated heterocycles. The molecule has 0 bridgehead atoms. The van der Waals surface area contributed by atoms with E-state index in [1.807, 2.05) is 43.1 Å². The molecule has 22 heavy (non-hydrogen) atoms. The molecule has 0 radical (unpaired) electrons. The first-order valence-electron chi connectivity index (χ1n) is 7.12. The van der Waals surface area contributed by atoms with Gasteiger partial charge in [-0.2, -0.15) is 5.10 Å². The lowest BCUT2D eigenvalue weighted by Gasteiger charge is -2.20. The van der Waals surface area contributed by atoms with Gasteiger partial charge in [0.1, 0.15) is 10.2 Å². The molecule has 2 aromatic rings. The van der Waals surface area contributed by atoms with Crippen LogP contribution in [0, 0.1) is 6.92 Å². The Morgan fingerprint density at radius 3 is 2.82 bits per heavy atom. The molecule has 1 aromatic heterocycles. The fraction of sp³-hybridized carbons (Fsp3) is 0.375. The van der Waals surface area contributed by atoms with E-state index in [9.17, 15) is 4.79 Å². The lowest BCUT2D eigenvalue weighted by Crippen LogP contribution is -2.27. The first-order valence-corrected chi connectivity index (χ1v) is 7.91. The summed E-state index contributed by atoms with van der Waals surface area (Å²) < 4.78 is 7.62. The Kier molecular flexibility index (Phi) is 5.60. The van der Waals surface area contributed by atoms with Crippen molar-refractivity contribution in [1.29, 1.82) is 0 Å². The Morgan fingerprint density at radius 2 is 2.09 bits per heavy atom. The average Bonchev–Trinajstić information content (AvgIpc) is 2.50. The van der Waals surface area contributed by atoms with Crippen molar-refractivity contribution in [3.63, 3.8) is 0 Å². The predicted octanol–water partition coefficient (Wildman–Crippen LogP) is 2.76. The molecule has 6 heteroatoms. The molecule has 0 aliphatic heterocycles. The van der Waals surface area contributed by atoms with E-state index in [1.165, 1.54) is 4.68 Å². The van der Waals surface area contributed by atoms with Gasteiger partial charge in [0.15, 0.2) is 0 Å². The number of ether oxygens (including phenoxy) is 1. The number of benzene rings is 1. The Hall–Kier alpha value is -1.82. The van der Waals surface area contributed by atoms with Crippen molar-refractivity contribution < 1.29 is 4.74 Å². The molecule has 0 aliphatic carbocycles. The Labute approximate surface area is 138 Å². The number of anilines is 1. The second-order valence-corrected chi connectivity index (χ2v) is 5.95. The van der Waals surface area contributed by atoms with Crippen LogP contribution in [0.4, 0.5) is 5.69 Å². The number of aromatic nitrogens is 2. The van der Waals surface area contributed by atoms with E-state index in [1.54, 1.807) is 13.2 Å². The van der Waals surface area contributed by atoms with Crippen LogP contribution in [0.3, 0.4) is 0 Å². The van der Waals surface area contributed by atoms with E-state index in [4.69, 9.17) is 4.74 Å². The number of rotatable bonds is 6. The third-order valence-corrected chi connectivity index (χ3v) is 4.21. The van der Waals surface area contributed by atoms with Gasteiger partial charge in [0.05, 0.1) is 18.5 Å². The normalized spacial score (nSPS) is 10.5. The number of para-hydroxylation sites is 1. The molecule has 118 valence electrons. The van der Waals surface area contributed by atoms with Crippen LogP contribution in [0.15, 0.2) is 39.7 Å². The number of aryl methyl sites for hydroxylation is 2. The summed E-state index contributed by atoms with van der Waals surface area (Å²) >= 11 is 3.34. The molecule has 0 N–H and O–H groups in total. The zero-order chi connectivity index (χ0) is 16.1. The second-order valence-electron chi connectivity index (χ2n) is 5.16. The molecule has 5 nitrogen and oxygen atoms in total. The lowest BCUT2D eigenvalue weighted by molar-refractivity contribution is 0.310. The van der Waals surface area contributed by atoms with Crippen LogP contribution >= 0.6 is 15.9 Å². The number of halogens is 1. The highest BCUT2D eigenvalue weighted by atomic mass is 79.9. The topological polar surface area (TPSA) is 47.4 Å². The maximum absolute atomic E-state index is 11.8. The van der Waals surface area contributed by atoms with Crippen LogP contribution in [-0.2, 0) is 7.05 Å². The van der Waals surface area contributed by atoms with E-state index in [-0.39, 0.29) is 5.56 Å². The summed E-state index contributed by atoms with van der Waals surface area (Å²) in [5, 5.41) is 4.05. The average molecular weight is 366 g/mol. The minimum absolute atomic E-state index is 0.138. The third kappa shape index (κ3) is 3.88. The number of nitrogens with zero attached hydrogens (tertiary/aromatic N) is 3. The third-order valence-electron chi connectivity index (χ3n) is 3.46. The molecule has 0 amide bonds. The van der Waals surface area contributed by atoms with E-state index in [0.717, 1.165) is 30.0 Å². The minimum Gasteiger partial charge on any atom is -0.493 e. The lowest BCUT2D eigenvalue weighted by atomic mass is 10.2. The molecule has 2 rings (SSSR count). The van der Waals surface area contributed by atoms with Crippen LogP contribution in [-0.4, -0.2) is 30.0 Å². The van der Waals surface area contributed by atoms with Gasteiger partial charge in [-0.3, -0.25) is 4.79 Å². The van der Waals surface area contributed by atoms with Gasteiger partial charge in [0.2, 0.25) is 0 Å². The smallest absolute Gasteiger partial charge is 0.282 e. The molecule has 0 spiro atoms. The predicted molar refractivity (Wildman–Crippen MR) is 91.7 cm³/mol. The summed E-state index contributed by atoms with van der Waals surface area (Å²) in [6.07, 6.45) is 2.54. The van der Waals surface area contributed by atoms with E-state index in [2.05, 4.69) is 21.0 Å². The van der Waals surface area contributed by atoms with Gasteiger partial charge in [-0.1, -0.05) is 18.2 Å². The van der Waals surface area contributed by atoms with E-state index in [0.29, 0.717) is 11.1 Å². The van der Waals surface area contributed by atoms with Crippen molar-refractivity contribution in [2.75, 3.05) is 25.1 Å². The molecule has 0 fully saturated rings. The highest BCUT2D eigenvalue weighted by molar-refractivity contribution is 9.10. The highest BCUT2D eigenvalue weighted by Crippen LogP contribution is 2.20. The molecular weight excluding hydrogens is 346 g/mol. The summed E-state index contributed by atoms with van der Waals surface area (Å²) in [7, 11) is 3.57. The highest BCUT2D eigenvalue weighted by Gasteiger charge is 2.10. The van der Waals surface area contributed by atoms with Gasteiger partial charge < -0.3 is 9.64 Å². The Bertz CT molecular complexity index is 700. The fourth-order valence-electron chi connectivity index (χ4n) is 2.09. The van der Waals surface area contributed by atoms with Crippen LogP contribution < -0.4 is 15.2 Å². The molecule has 0 aliphatic rings. The summed E-state index contributed by atoms with van der Waals surface area (Å²) in [4.78, 5) is 13.8. The van der Waals surface area contributed by atoms with Gasteiger partial charge >= 0.3 is 0 Å². The monoisotopic (exact) mass is 365 g/mol. The Morgan fingerprint density at radius 1 is 1.36 bits per heavy atom. The van der Waals surface area contributed by atoms with Gasteiger partial charge in [-0.05, 0) is 40.9 Å². The maximum Gasteiger partial charge on any atom is 0.282 e. The summed E-state index contributed by atoms with van der Waals surface area (Å²) in [5.74, 6) is 0.918. The van der Waals surface area contributed by atoms with Gasteiger partial charge in [0.25, 0.3) is 5.56 Å². The van der Waals surface area contributed by atoms with Crippen molar-refractivity contribution in [3.05, 3.63) is 50.9 Å². The summed E-state index contributed by atoms with van der Waals surface area (Å²) in [6.45, 7) is 3.44. The van der Waals surface area contributed by atoms with Gasteiger partial charge in [-0.15, -0.1) is 0 Å². The zero-order valence-corrected chi connectivity index (χ0v) is 14.6. The van der Waals surface area contributed by atoms with Gasteiger partial charge in [-0.25, -0.2) is 4.68 Å². The first-order chi connectivity index (χ1) is 10.5. The van der Waals surface area contributed by atoms with Crippen LogP contribution in [0.2, 0.25) is 0 Å². The number of hydrogen-bond acceptors (Lipinski definition) is 4. The van der Waals surface area contributed by atoms with Crippen molar-refractivity contribution >= 4 is 21.6 Å².